The zero-order valence-electron chi connectivity index (χ0n) is 19.5. The molecule has 0 atom stereocenters. The molecule has 0 amide bonds. The molecule has 4 aromatic heterocycles. The van der Waals surface area contributed by atoms with Crippen LogP contribution in [0.1, 0.15) is 11.3 Å². The maximum absolute atomic E-state index is 4.89. The summed E-state index contributed by atoms with van der Waals surface area (Å²) in [7, 11) is 0. The molecule has 0 radical (unpaired) electrons. The fourth-order valence-corrected chi connectivity index (χ4v) is 4.41. The van der Waals surface area contributed by atoms with Gasteiger partial charge in [-0.3, -0.25) is 9.88 Å². The first kappa shape index (κ1) is 21.3. The van der Waals surface area contributed by atoms with E-state index < -0.39 is 0 Å². The minimum atomic E-state index is 0.550. The van der Waals surface area contributed by atoms with E-state index in [0.717, 1.165) is 61.2 Å². The molecule has 9 heteroatoms. The van der Waals surface area contributed by atoms with Gasteiger partial charge in [0.15, 0.2) is 5.82 Å². The highest BCUT2D eigenvalue weighted by atomic mass is 15.3. The van der Waals surface area contributed by atoms with Gasteiger partial charge in [0.25, 0.3) is 5.78 Å². The van der Waals surface area contributed by atoms with Crippen molar-refractivity contribution in [2.75, 3.05) is 31.1 Å². The summed E-state index contributed by atoms with van der Waals surface area (Å²) in [6.07, 6.45) is 7.12. The van der Waals surface area contributed by atoms with Gasteiger partial charge in [0, 0.05) is 68.6 Å². The molecule has 5 aromatic rings. The molecular formula is C26H25N9. The van der Waals surface area contributed by atoms with Gasteiger partial charge in [0.2, 0.25) is 5.95 Å². The average Bonchev–Trinajstić information content (AvgIpc) is 3.36. The third kappa shape index (κ3) is 4.33. The quantitative estimate of drug-likeness (QED) is 0.392. The number of benzene rings is 1. The lowest BCUT2D eigenvalue weighted by Gasteiger charge is -2.34. The summed E-state index contributed by atoms with van der Waals surface area (Å²) < 4.78 is 1.77. The van der Waals surface area contributed by atoms with E-state index in [9.17, 15) is 0 Å². The van der Waals surface area contributed by atoms with Crippen LogP contribution in [-0.2, 0) is 6.54 Å². The van der Waals surface area contributed by atoms with E-state index in [4.69, 9.17) is 4.98 Å². The summed E-state index contributed by atoms with van der Waals surface area (Å²) in [5.41, 5.74) is 4.86. The lowest BCUT2D eigenvalue weighted by atomic mass is 10.2. The number of rotatable bonds is 5. The van der Waals surface area contributed by atoms with E-state index in [2.05, 4.69) is 65.2 Å². The van der Waals surface area contributed by atoms with E-state index in [1.54, 1.807) is 16.9 Å². The van der Waals surface area contributed by atoms with Gasteiger partial charge in [0.1, 0.15) is 0 Å². The Morgan fingerprint density at radius 1 is 0.829 bits per heavy atom. The van der Waals surface area contributed by atoms with Gasteiger partial charge in [-0.1, -0.05) is 30.3 Å². The fourth-order valence-electron chi connectivity index (χ4n) is 4.41. The molecule has 9 nitrogen and oxygen atoms in total. The van der Waals surface area contributed by atoms with Crippen LogP contribution in [0.4, 0.5) is 5.95 Å². The lowest BCUT2D eigenvalue weighted by Crippen LogP contribution is -2.46. The molecule has 1 aromatic carbocycles. The number of piperazine rings is 1. The summed E-state index contributed by atoms with van der Waals surface area (Å²) in [6, 6.07) is 16.3. The van der Waals surface area contributed by atoms with E-state index in [0.29, 0.717) is 11.6 Å². The molecule has 0 saturated carbocycles. The van der Waals surface area contributed by atoms with Crippen molar-refractivity contribution in [3.05, 3.63) is 84.6 Å². The van der Waals surface area contributed by atoms with E-state index in [1.165, 1.54) is 5.56 Å². The summed E-state index contributed by atoms with van der Waals surface area (Å²) in [5, 5.41) is 4.67. The van der Waals surface area contributed by atoms with Crippen LogP contribution < -0.4 is 4.90 Å². The number of hydrogen-bond donors (Lipinski definition) is 0. The average molecular weight is 464 g/mol. The highest BCUT2D eigenvalue weighted by molar-refractivity contribution is 5.64. The summed E-state index contributed by atoms with van der Waals surface area (Å²) in [6.45, 7) is 6.72. The topological polar surface area (TPSA) is 88.2 Å². The number of aromatic nitrogens is 7. The van der Waals surface area contributed by atoms with Gasteiger partial charge in [0.05, 0.1) is 11.4 Å². The first-order valence-electron chi connectivity index (χ1n) is 11.7. The SMILES string of the molecule is Cc1c(-c2ccnc(N3CCN(Cc4ccccc4)CC3)n2)cnc2nc(-c3cccnc3)nn12. The molecule has 0 aliphatic carbocycles. The molecule has 1 aliphatic heterocycles. The summed E-state index contributed by atoms with van der Waals surface area (Å²) in [5.74, 6) is 1.90. The van der Waals surface area contributed by atoms with Crippen LogP contribution in [0.25, 0.3) is 28.4 Å². The fraction of sp³-hybridized carbons (Fsp3) is 0.231. The number of nitrogens with zero attached hydrogens (tertiary/aromatic N) is 9. The monoisotopic (exact) mass is 463 g/mol. The molecule has 0 unspecified atom stereocenters. The van der Waals surface area contributed by atoms with Crippen molar-refractivity contribution in [3.63, 3.8) is 0 Å². The van der Waals surface area contributed by atoms with Gasteiger partial charge in [-0.2, -0.15) is 4.98 Å². The van der Waals surface area contributed by atoms with E-state index in [1.807, 2.05) is 37.5 Å². The highest BCUT2D eigenvalue weighted by Gasteiger charge is 2.20. The molecule has 1 aliphatic rings. The first-order chi connectivity index (χ1) is 17.2. The zero-order valence-corrected chi connectivity index (χ0v) is 19.5. The Labute approximate surface area is 203 Å². The van der Waals surface area contributed by atoms with Gasteiger partial charge in [-0.05, 0) is 30.7 Å². The molecule has 6 rings (SSSR count). The third-order valence-electron chi connectivity index (χ3n) is 6.35. The van der Waals surface area contributed by atoms with Crippen LogP contribution in [0, 0.1) is 6.92 Å². The number of fused-ring (bicyclic) bond motifs is 1. The predicted octanol–water partition coefficient (Wildman–Crippen LogP) is 3.27. The van der Waals surface area contributed by atoms with Crippen LogP contribution in [0.3, 0.4) is 0 Å². The van der Waals surface area contributed by atoms with Crippen LogP contribution in [0.5, 0.6) is 0 Å². The normalized spacial score (nSPS) is 14.5. The highest BCUT2D eigenvalue weighted by Crippen LogP contribution is 2.24. The van der Waals surface area contributed by atoms with Crippen molar-refractivity contribution < 1.29 is 0 Å². The Kier molecular flexibility index (Phi) is 5.59. The second-order valence-corrected chi connectivity index (χ2v) is 8.64. The van der Waals surface area contributed by atoms with Gasteiger partial charge >= 0.3 is 0 Å². The standard InChI is InChI=1S/C26H25N9/c1-19-22(17-29-26-31-24(32-35(19)26)21-8-5-10-27-16-21)23-9-11-28-25(30-23)34-14-12-33(13-15-34)18-20-6-3-2-4-7-20/h2-11,16-17H,12-15,18H2,1H3. The predicted molar refractivity (Wildman–Crippen MR) is 134 cm³/mol. The summed E-state index contributed by atoms with van der Waals surface area (Å²) >= 11 is 0. The number of aryl methyl sites for hydroxylation is 1. The van der Waals surface area contributed by atoms with E-state index >= 15 is 0 Å². The van der Waals surface area contributed by atoms with Crippen molar-refractivity contribution >= 4 is 11.7 Å². The molecular weight excluding hydrogens is 438 g/mol. The van der Waals surface area contributed by atoms with Crippen LogP contribution >= 0.6 is 0 Å². The summed E-state index contributed by atoms with van der Waals surface area (Å²) in [4.78, 5) is 27.5. The first-order valence-corrected chi connectivity index (χ1v) is 11.7. The minimum Gasteiger partial charge on any atom is -0.338 e. The Morgan fingerprint density at radius 2 is 1.69 bits per heavy atom. The second kappa shape index (κ2) is 9.19. The molecule has 5 heterocycles. The Hall–Kier alpha value is -4.24. The van der Waals surface area contributed by atoms with E-state index in [-0.39, 0.29) is 0 Å². The number of anilines is 1. The van der Waals surface area contributed by atoms with Crippen LogP contribution in [0.15, 0.2) is 73.3 Å². The Balaban J connectivity index is 1.22. The van der Waals surface area contributed by atoms with Crippen molar-refractivity contribution in [1.29, 1.82) is 0 Å². The van der Waals surface area contributed by atoms with Crippen molar-refractivity contribution in [3.8, 4) is 22.6 Å². The lowest BCUT2D eigenvalue weighted by molar-refractivity contribution is 0.248. The van der Waals surface area contributed by atoms with Crippen LogP contribution in [0.2, 0.25) is 0 Å². The van der Waals surface area contributed by atoms with Crippen molar-refractivity contribution in [2.45, 2.75) is 13.5 Å². The Bertz CT molecular complexity index is 1440. The second-order valence-electron chi connectivity index (χ2n) is 8.64. The molecule has 1 saturated heterocycles. The molecule has 0 N–H and O–H groups in total. The third-order valence-corrected chi connectivity index (χ3v) is 6.35. The molecule has 0 bridgehead atoms. The minimum absolute atomic E-state index is 0.550. The Morgan fingerprint density at radius 3 is 2.49 bits per heavy atom. The number of pyridine rings is 1. The molecule has 0 spiro atoms. The smallest absolute Gasteiger partial charge is 0.252 e. The number of hydrogen-bond acceptors (Lipinski definition) is 8. The van der Waals surface area contributed by atoms with Gasteiger partial charge in [-0.15, -0.1) is 5.10 Å². The largest absolute Gasteiger partial charge is 0.338 e. The molecule has 35 heavy (non-hydrogen) atoms. The van der Waals surface area contributed by atoms with Crippen molar-refractivity contribution in [1.82, 2.24) is 39.4 Å². The van der Waals surface area contributed by atoms with Gasteiger partial charge < -0.3 is 4.90 Å². The van der Waals surface area contributed by atoms with Crippen LogP contribution in [-0.4, -0.2) is 65.6 Å². The van der Waals surface area contributed by atoms with Gasteiger partial charge in [-0.25, -0.2) is 19.5 Å². The molecule has 1 fully saturated rings. The molecule has 174 valence electrons. The maximum atomic E-state index is 4.89. The van der Waals surface area contributed by atoms with Crippen molar-refractivity contribution in [2.24, 2.45) is 0 Å². The zero-order chi connectivity index (χ0) is 23.6. The maximum Gasteiger partial charge on any atom is 0.252 e.